The Morgan fingerprint density at radius 2 is 2.07 bits per heavy atom. The Bertz CT molecular complexity index is 822. The van der Waals surface area contributed by atoms with Gasteiger partial charge in [-0.15, -0.1) is 0 Å². The van der Waals surface area contributed by atoms with Crippen LogP contribution in [0.1, 0.15) is 32.3 Å². The van der Waals surface area contributed by atoms with Gasteiger partial charge in [-0.2, -0.15) is 0 Å². The van der Waals surface area contributed by atoms with Gasteiger partial charge in [-0.25, -0.2) is 4.79 Å². The minimum absolute atomic E-state index is 0.231. The zero-order valence-corrected chi connectivity index (χ0v) is 16.0. The number of carbonyl (C=O) groups excluding carboxylic acids is 4. The Labute approximate surface area is 163 Å². The Balaban J connectivity index is 1.63. The molecular weight excluding hydrogens is 362 g/mol. The van der Waals surface area contributed by atoms with Crippen LogP contribution in [0.25, 0.3) is 0 Å². The van der Waals surface area contributed by atoms with Crippen LogP contribution in [0, 0.1) is 0 Å². The van der Waals surface area contributed by atoms with E-state index in [9.17, 15) is 19.2 Å². The van der Waals surface area contributed by atoms with Crippen molar-refractivity contribution in [3.63, 3.8) is 0 Å². The fraction of sp³-hybridized carbons (Fsp3) is 0.474. The SMILES string of the molecule is CC1(C)C(=O)NC(=O)N1CC(=O)Nc1cccc(CN2CCCC2C(N)=O)c1. The van der Waals surface area contributed by atoms with Crippen molar-refractivity contribution in [2.75, 3.05) is 18.4 Å². The smallest absolute Gasteiger partial charge is 0.325 e. The third-order valence-electron chi connectivity index (χ3n) is 5.29. The lowest BCUT2D eigenvalue weighted by Crippen LogP contribution is -2.47. The molecule has 0 aromatic heterocycles. The number of urea groups is 1. The second kappa shape index (κ2) is 7.59. The van der Waals surface area contributed by atoms with E-state index >= 15 is 0 Å². The van der Waals surface area contributed by atoms with Crippen molar-refractivity contribution in [3.05, 3.63) is 29.8 Å². The first-order chi connectivity index (χ1) is 13.2. The van der Waals surface area contributed by atoms with Crippen LogP contribution in [0.3, 0.4) is 0 Å². The number of nitrogens with two attached hydrogens (primary N) is 1. The summed E-state index contributed by atoms with van der Waals surface area (Å²) >= 11 is 0. The molecule has 5 amide bonds. The van der Waals surface area contributed by atoms with Gasteiger partial charge in [0.25, 0.3) is 5.91 Å². The number of benzene rings is 1. The van der Waals surface area contributed by atoms with Crippen molar-refractivity contribution in [2.45, 2.75) is 44.8 Å². The Morgan fingerprint density at radius 1 is 1.32 bits per heavy atom. The standard InChI is InChI=1S/C19H25N5O4/c1-19(2)17(27)22-18(28)24(19)11-15(25)21-13-6-3-5-12(9-13)10-23-8-4-7-14(23)16(20)26/h3,5-6,9,14H,4,7-8,10-11H2,1-2H3,(H2,20,26)(H,21,25)(H,22,27,28). The summed E-state index contributed by atoms with van der Waals surface area (Å²) in [6.07, 6.45) is 1.69. The number of hydrogen-bond acceptors (Lipinski definition) is 5. The fourth-order valence-electron chi connectivity index (χ4n) is 3.63. The van der Waals surface area contributed by atoms with Gasteiger partial charge in [-0.3, -0.25) is 24.6 Å². The number of primary amides is 1. The Morgan fingerprint density at radius 3 is 2.71 bits per heavy atom. The molecule has 1 aromatic carbocycles. The first-order valence-corrected chi connectivity index (χ1v) is 9.23. The van der Waals surface area contributed by atoms with E-state index in [1.165, 1.54) is 4.90 Å². The Hall–Kier alpha value is -2.94. The van der Waals surface area contributed by atoms with Gasteiger partial charge in [0.2, 0.25) is 11.8 Å². The molecule has 0 saturated carbocycles. The van der Waals surface area contributed by atoms with E-state index in [4.69, 9.17) is 5.73 Å². The number of hydrogen-bond donors (Lipinski definition) is 3. The number of imide groups is 1. The van der Waals surface area contributed by atoms with Crippen LogP contribution in [0.2, 0.25) is 0 Å². The molecule has 1 aromatic rings. The number of nitrogens with one attached hydrogen (secondary N) is 2. The Kier molecular flexibility index (Phi) is 5.37. The quantitative estimate of drug-likeness (QED) is 0.610. The normalized spacial score (nSPS) is 21.6. The number of nitrogens with zero attached hydrogens (tertiary/aromatic N) is 2. The van der Waals surface area contributed by atoms with Crippen molar-refractivity contribution >= 4 is 29.4 Å². The maximum atomic E-state index is 12.4. The molecule has 2 fully saturated rings. The van der Waals surface area contributed by atoms with Gasteiger partial charge < -0.3 is 16.0 Å². The van der Waals surface area contributed by atoms with Gasteiger partial charge in [0.15, 0.2) is 0 Å². The first kappa shape index (κ1) is 19.8. The highest BCUT2D eigenvalue weighted by atomic mass is 16.2. The van der Waals surface area contributed by atoms with Gasteiger partial charge in [-0.05, 0) is 50.9 Å². The van der Waals surface area contributed by atoms with Gasteiger partial charge in [0.1, 0.15) is 12.1 Å². The molecule has 1 atom stereocenters. The van der Waals surface area contributed by atoms with Crippen LogP contribution in [-0.4, -0.2) is 58.2 Å². The number of anilines is 1. The molecular formula is C19H25N5O4. The summed E-state index contributed by atoms with van der Waals surface area (Å²) in [7, 11) is 0. The molecule has 3 rings (SSSR count). The summed E-state index contributed by atoms with van der Waals surface area (Å²) in [4.78, 5) is 50.9. The second-order valence-electron chi connectivity index (χ2n) is 7.68. The minimum Gasteiger partial charge on any atom is -0.368 e. The molecule has 0 bridgehead atoms. The average Bonchev–Trinajstić information content (AvgIpc) is 3.14. The van der Waals surface area contributed by atoms with Crippen molar-refractivity contribution in [1.29, 1.82) is 0 Å². The van der Waals surface area contributed by atoms with Crippen molar-refractivity contribution in [2.24, 2.45) is 5.73 Å². The van der Waals surface area contributed by atoms with Crippen LogP contribution in [0.4, 0.5) is 10.5 Å². The van der Waals surface area contributed by atoms with E-state index in [0.29, 0.717) is 12.2 Å². The molecule has 2 aliphatic rings. The second-order valence-corrected chi connectivity index (χ2v) is 7.68. The summed E-state index contributed by atoms with van der Waals surface area (Å²) in [5, 5.41) is 4.97. The lowest BCUT2D eigenvalue weighted by molar-refractivity contribution is -0.126. The van der Waals surface area contributed by atoms with Gasteiger partial charge >= 0.3 is 6.03 Å². The van der Waals surface area contributed by atoms with Gasteiger partial charge in [-0.1, -0.05) is 12.1 Å². The van der Waals surface area contributed by atoms with E-state index in [1.807, 2.05) is 23.1 Å². The van der Waals surface area contributed by atoms with E-state index in [-0.39, 0.29) is 18.5 Å². The monoisotopic (exact) mass is 387 g/mol. The molecule has 4 N–H and O–H groups in total. The zero-order chi connectivity index (χ0) is 20.5. The maximum absolute atomic E-state index is 12.4. The van der Waals surface area contributed by atoms with Crippen LogP contribution in [-0.2, 0) is 20.9 Å². The molecule has 1 unspecified atom stereocenters. The summed E-state index contributed by atoms with van der Waals surface area (Å²) in [5.74, 6) is -1.14. The molecule has 2 heterocycles. The predicted octanol–water partition coefficient (Wildman–Crippen LogP) is 0.405. The summed E-state index contributed by atoms with van der Waals surface area (Å²) in [6, 6.07) is 6.47. The van der Waals surface area contributed by atoms with Crippen LogP contribution >= 0.6 is 0 Å². The number of likely N-dealkylation sites (tertiary alicyclic amines) is 1. The number of rotatable bonds is 6. The molecule has 0 aliphatic carbocycles. The molecule has 0 radical (unpaired) electrons. The highest BCUT2D eigenvalue weighted by Crippen LogP contribution is 2.22. The zero-order valence-electron chi connectivity index (χ0n) is 16.0. The topological polar surface area (TPSA) is 125 Å². The highest BCUT2D eigenvalue weighted by molar-refractivity contribution is 6.08. The first-order valence-electron chi connectivity index (χ1n) is 9.23. The number of carbonyl (C=O) groups is 4. The van der Waals surface area contributed by atoms with E-state index in [1.54, 1.807) is 19.9 Å². The van der Waals surface area contributed by atoms with Crippen LogP contribution in [0.15, 0.2) is 24.3 Å². The third kappa shape index (κ3) is 3.99. The van der Waals surface area contributed by atoms with Crippen LogP contribution < -0.4 is 16.4 Å². The maximum Gasteiger partial charge on any atom is 0.325 e. The predicted molar refractivity (Wildman–Crippen MR) is 102 cm³/mol. The van der Waals surface area contributed by atoms with Crippen LogP contribution in [0.5, 0.6) is 0 Å². The molecule has 0 spiro atoms. The van der Waals surface area contributed by atoms with Gasteiger partial charge in [0, 0.05) is 12.2 Å². The fourth-order valence-corrected chi connectivity index (χ4v) is 3.63. The van der Waals surface area contributed by atoms with E-state index in [0.717, 1.165) is 24.9 Å². The van der Waals surface area contributed by atoms with E-state index < -0.39 is 23.4 Å². The highest BCUT2D eigenvalue weighted by Gasteiger charge is 2.46. The average molecular weight is 387 g/mol. The summed E-state index contributed by atoms with van der Waals surface area (Å²) in [5.41, 5.74) is 5.91. The lowest BCUT2D eigenvalue weighted by Gasteiger charge is -2.27. The van der Waals surface area contributed by atoms with Crippen molar-refractivity contribution < 1.29 is 19.2 Å². The number of amides is 5. The minimum atomic E-state index is -1.07. The lowest BCUT2D eigenvalue weighted by atomic mass is 10.0. The summed E-state index contributed by atoms with van der Waals surface area (Å²) < 4.78 is 0. The van der Waals surface area contributed by atoms with Gasteiger partial charge in [0.05, 0.1) is 6.04 Å². The summed E-state index contributed by atoms with van der Waals surface area (Å²) in [6.45, 7) is 4.31. The molecule has 150 valence electrons. The molecule has 2 saturated heterocycles. The molecule has 9 nitrogen and oxygen atoms in total. The molecule has 9 heteroatoms. The third-order valence-corrected chi connectivity index (χ3v) is 5.29. The van der Waals surface area contributed by atoms with Crippen molar-refractivity contribution in [1.82, 2.24) is 15.1 Å². The van der Waals surface area contributed by atoms with E-state index in [2.05, 4.69) is 10.6 Å². The largest absolute Gasteiger partial charge is 0.368 e. The van der Waals surface area contributed by atoms with Crippen molar-refractivity contribution in [3.8, 4) is 0 Å². The molecule has 28 heavy (non-hydrogen) atoms. The molecule has 2 aliphatic heterocycles.